The summed E-state index contributed by atoms with van der Waals surface area (Å²) in [6.45, 7) is 6.08. The zero-order valence-corrected chi connectivity index (χ0v) is 14.0. The van der Waals surface area contributed by atoms with Crippen LogP contribution in [-0.2, 0) is 22.9 Å². The number of nitrogens with one attached hydrogen (secondary N) is 1. The van der Waals surface area contributed by atoms with E-state index in [1.54, 1.807) is 7.11 Å². The average Bonchev–Trinajstić information content (AvgIpc) is 2.71. The summed E-state index contributed by atoms with van der Waals surface area (Å²) in [5.74, 6) is 0. The summed E-state index contributed by atoms with van der Waals surface area (Å²) in [6.07, 6.45) is 3.14. The van der Waals surface area contributed by atoms with Crippen LogP contribution < -0.4 is 5.32 Å². The fourth-order valence-corrected chi connectivity index (χ4v) is 3.23. The third-order valence-electron chi connectivity index (χ3n) is 4.19. The molecule has 1 aromatic heterocycles. The van der Waals surface area contributed by atoms with Crippen LogP contribution in [0.2, 0.25) is 5.02 Å². The molecule has 0 radical (unpaired) electrons. The minimum absolute atomic E-state index is 0.0931. The zero-order valence-electron chi connectivity index (χ0n) is 13.2. The largest absolute Gasteiger partial charge is 0.383 e. The molecule has 5 nitrogen and oxygen atoms in total. The molecule has 21 heavy (non-hydrogen) atoms. The van der Waals surface area contributed by atoms with Gasteiger partial charge in [0.25, 0.3) is 0 Å². The lowest BCUT2D eigenvalue weighted by Gasteiger charge is -2.37. The Balaban J connectivity index is 2.08. The van der Waals surface area contributed by atoms with Gasteiger partial charge in [-0.2, -0.15) is 5.10 Å². The maximum absolute atomic E-state index is 6.41. The van der Waals surface area contributed by atoms with Gasteiger partial charge in [-0.05, 0) is 26.2 Å². The van der Waals surface area contributed by atoms with E-state index in [0.717, 1.165) is 68.6 Å². The second-order valence-corrected chi connectivity index (χ2v) is 6.35. The van der Waals surface area contributed by atoms with E-state index in [9.17, 15) is 0 Å². The molecule has 6 heteroatoms. The maximum atomic E-state index is 6.41. The van der Waals surface area contributed by atoms with Crippen molar-refractivity contribution in [1.82, 2.24) is 15.1 Å². The van der Waals surface area contributed by atoms with Gasteiger partial charge in [0.15, 0.2) is 0 Å². The molecule has 2 heterocycles. The van der Waals surface area contributed by atoms with Crippen LogP contribution in [0.15, 0.2) is 0 Å². The van der Waals surface area contributed by atoms with Crippen LogP contribution in [-0.4, -0.2) is 49.8 Å². The number of aromatic nitrogens is 2. The van der Waals surface area contributed by atoms with Crippen molar-refractivity contribution in [3.05, 3.63) is 16.4 Å². The molecule has 1 unspecified atom stereocenters. The van der Waals surface area contributed by atoms with Crippen LogP contribution >= 0.6 is 11.6 Å². The maximum Gasteiger partial charge on any atom is 0.0847 e. The lowest BCUT2D eigenvalue weighted by molar-refractivity contribution is -0.00858. The summed E-state index contributed by atoms with van der Waals surface area (Å²) in [4.78, 5) is 0. The van der Waals surface area contributed by atoms with Gasteiger partial charge in [-0.1, -0.05) is 11.6 Å². The third kappa shape index (κ3) is 4.19. The van der Waals surface area contributed by atoms with Crippen molar-refractivity contribution >= 4 is 11.6 Å². The molecule has 0 spiro atoms. The van der Waals surface area contributed by atoms with Gasteiger partial charge in [0.2, 0.25) is 0 Å². The second-order valence-electron chi connectivity index (χ2n) is 5.97. The first-order chi connectivity index (χ1) is 10.1. The number of ether oxygens (including phenoxy) is 2. The van der Waals surface area contributed by atoms with Gasteiger partial charge in [0, 0.05) is 39.3 Å². The molecule has 1 atom stereocenters. The molecule has 0 saturated carbocycles. The van der Waals surface area contributed by atoms with Gasteiger partial charge < -0.3 is 14.8 Å². The predicted molar refractivity (Wildman–Crippen MR) is 83.9 cm³/mol. The monoisotopic (exact) mass is 315 g/mol. The Morgan fingerprint density at radius 1 is 1.52 bits per heavy atom. The smallest absolute Gasteiger partial charge is 0.0847 e. The number of nitrogens with zero attached hydrogens (tertiary/aromatic N) is 2. The minimum atomic E-state index is 0.0931. The molecule has 2 rings (SSSR count). The Bertz CT molecular complexity index is 456. The molecule has 1 saturated heterocycles. The SMILES string of the molecule is COCCNCC1(Cc2c(Cl)c(C)nn2C)CCCOC1. The van der Waals surface area contributed by atoms with Crippen molar-refractivity contribution in [3.8, 4) is 0 Å². The van der Waals surface area contributed by atoms with Crippen molar-refractivity contribution in [2.75, 3.05) is 40.0 Å². The van der Waals surface area contributed by atoms with Crippen molar-refractivity contribution in [3.63, 3.8) is 0 Å². The first kappa shape index (κ1) is 16.7. The fraction of sp³-hybridized carbons (Fsp3) is 0.800. The summed E-state index contributed by atoms with van der Waals surface area (Å²) in [6, 6.07) is 0. The van der Waals surface area contributed by atoms with Gasteiger partial charge in [-0.3, -0.25) is 4.68 Å². The Labute approximate surface area is 131 Å². The minimum Gasteiger partial charge on any atom is -0.383 e. The molecule has 120 valence electrons. The van der Waals surface area contributed by atoms with E-state index in [0.29, 0.717) is 0 Å². The van der Waals surface area contributed by atoms with Crippen molar-refractivity contribution in [2.24, 2.45) is 12.5 Å². The molecule has 0 aromatic carbocycles. The van der Waals surface area contributed by atoms with Gasteiger partial charge >= 0.3 is 0 Å². The van der Waals surface area contributed by atoms with E-state index >= 15 is 0 Å². The molecule has 0 bridgehead atoms. The third-order valence-corrected chi connectivity index (χ3v) is 4.68. The number of hydrogen-bond donors (Lipinski definition) is 1. The fourth-order valence-electron chi connectivity index (χ4n) is 3.01. The van der Waals surface area contributed by atoms with E-state index in [1.807, 2.05) is 18.7 Å². The Kier molecular flexibility index (Phi) is 6.05. The molecular weight excluding hydrogens is 290 g/mol. The van der Waals surface area contributed by atoms with E-state index in [-0.39, 0.29) is 5.41 Å². The van der Waals surface area contributed by atoms with Crippen LogP contribution in [0, 0.1) is 12.3 Å². The molecule has 0 aliphatic carbocycles. The van der Waals surface area contributed by atoms with Gasteiger partial charge in [0.1, 0.15) is 0 Å². The summed E-state index contributed by atoms with van der Waals surface area (Å²) < 4.78 is 12.8. The highest BCUT2D eigenvalue weighted by Crippen LogP contribution is 2.34. The summed E-state index contributed by atoms with van der Waals surface area (Å²) in [5, 5.41) is 8.70. The van der Waals surface area contributed by atoms with Crippen LogP contribution in [0.25, 0.3) is 0 Å². The van der Waals surface area contributed by atoms with Gasteiger partial charge in [-0.25, -0.2) is 0 Å². The van der Waals surface area contributed by atoms with Gasteiger partial charge in [-0.15, -0.1) is 0 Å². The van der Waals surface area contributed by atoms with E-state index < -0.39 is 0 Å². The molecular formula is C15H26ClN3O2. The number of rotatable bonds is 7. The van der Waals surface area contributed by atoms with Crippen molar-refractivity contribution in [1.29, 1.82) is 0 Å². The van der Waals surface area contributed by atoms with E-state index in [2.05, 4.69) is 10.4 Å². The zero-order chi connectivity index (χ0) is 15.3. The Morgan fingerprint density at radius 3 is 2.90 bits per heavy atom. The lowest BCUT2D eigenvalue weighted by Crippen LogP contribution is -2.43. The topological polar surface area (TPSA) is 48.3 Å². The van der Waals surface area contributed by atoms with Crippen LogP contribution in [0.1, 0.15) is 24.2 Å². The quantitative estimate of drug-likeness (QED) is 0.781. The number of aryl methyl sites for hydroxylation is 2. The van der Waals surface area contributed by atoms with Crippen LogP contribution in [0.4, 0.5) is 0 Å². The van der Waals surface area contributed by atoms with Gasteiger partial charge in [0.05, 0.1) is 29.6 Å². The highest BCUT2D eigenvalue weighted by molar-refractivity contribution is 6.31. The predicted octanol–water partition coefficient (Wildman–Crippen LogP) is 1.96. The standard InChI is InChI=1S/C15H26ClN3O2/c1-12-14(16)13(19(2)18-12)9-15(5-4-7-21-11-15)10-17-6-8-20-3/h17H,4-11H2,1-3H3. The molecule has 1 aromatic rings. The summed E-state index contributed by atoms with van der Waals surface area (Å²) in [5.41, 5.74) is 2.09. The highest BCUT2D eigenvalue weighted by Gasteiger charge is 2.34. The second kappa shape index (κ2) is 7.58. The van der Waals surface area contributed by atoms with Crippen molar-refractivity contribution in [2.45, 2.75) is 26.2 Å². The molecule has 1 N–H and O–H groups in total. The molecule has 1 aliphatic rings. The Hall–Kier alpha value is -0.620. The van der Waals surface area contributed by atoms with Crippen molar-refractivity contribution < 1.29 is 9.47 Å². The number of halogens is 1. The Morgan fingerprint density at radius 2 is 2.33 bits per heavy atom. The molecule has 1 fully saturated rings. The lowest BCUT2D eigenvalue weighted by atomic mass is 9.78. The average molecular weight is 316 g/mol. The van der Waals surface area contributed by atoms with E-state index in [1.165, 1.54) is 0 Å². The first-order valence-corrected chi connectivity index (χ1v) is 7.91. The normalized spacial score (nSPS) is 22.7. The van der Waals surface area contributed by atoms with E-state index in [4.69, 9.17) is 21.1 Å². The summed E-state index contributed by atoms with van der Waals surface area (Å²) >= 11 is 6.41. The highest BCUT2D eigenvalue weighted by atomic mass is 35.5. The van der Waals surface area contributed by atoms with Crippen LogP contribution in [0.3, 0.4) is 0 Å². The molecule has 0 amide bonds. The first-order valence-electron chi connectivity index (χ1n) is 7.53. The van der Waals surface area contributed by atoms with Crippen LogP contribution in [0.5, 0.6) is 0 Å². The molecule has 1 aliphatic heterocycles. The number of methoxy groups -OCH3 is 1. The number of hydrogen-bond acceptors (Lipinski definition) is 4. The summed E-state index contributed by atoms with van der Waals surface area (Å²) in [7, 11) is 3.68.